The van der Waals surface area contributed by atoms with Gasteiger partial charge in [0.25, 0.3) is 0 Å². The Morgan fingerprint density at radius 2 is 1.44 bits per heavy atom. The predicted octanol–water partition coefficient (Wildman–Crippen LogP) is 8.44. The first-order valence-electron chi connectivity index (χ1n) is 12.5. The van der Waals surface area contributed by atoms with Gasteiger partial charge in [-0.2, -0.15) is 0 Å². The Morgan fingerprint density at radius 3 is 2.09 bits per heavy atom. The molecular formula is C26H40O4S2. The van der Waals surface area contributed by atoms with Crippen LogP contribution in [0.15, 0.2) is 10.8 Å². The van der Waals surface area contributed by atoms with Gasteiger partial charge in [-0.25, -0.2) is 0 Å². The number of ether oxygens (including phenoxy) is 4. The standard InChI is InChI=1S/C26H40O4S2/c1-5-9-11-19(7-3)15-29-22-18-32-26(24(22)30-16-20(8-4)12-10-6-2)25-23-21(17-31-25)27-13-14-28-23/h17-20H,5-16H2,1-4H3. The minimum Gasteiger partial charge on any atom is -0.489 e. The molecular weight excluding hydrogens is 440 g/mol. The molecule has 1 aliphatic rings. The number of unbranched alkanes of at least 4 members (excludes halogenated alkanes) is 2. The van der Waals surface area contributed by atoms with Crippen LogP contribution in [0.3, 0.4) is 0 Å². The van der Waals surface area contributed by atoms with Crippen molar-refractivity contribution in [3.63, 3.8) is 0 Å². The summed E-state index contributed by atoms with van der Waals surface area (Å²) in [7, 11) is 0. The smallest absolute Gasteiger partial charge is 0.180 e. The summed E-state index contributed by atoms with van der Waals surface area (Å²) in [6, 6.07) is 0. The first kappa shape index (κ1) is 25.2. The normalized spacial score (nSPS) is 14.9. The second kappa shape index (κ2) is 13.3. The molecule has 0 saturated carbocycles. The zero-order valence-electron chi connectivity index (χ0n) is 20.2. The van der Waals surface area contributed by atoms with Gasteiger partial charge in [0.2, 0.25) is 0 Å². The molecule has 2 aromatic rings. The van der Waals surface area contributed by atoms with Gasteiger partial charge < -0.3 is 18.9 Å². The topological polar surface area (TPSA) is 36.9 Å². The van der Waals surface area contributed by atoms with Crippen molar-refractivity contribution in [1.29, 1.82) is 0 Å². The first-order valence-corrected chi connectivity index (χ1v) is 14.2. The Hall–Kier alpha value is -1.40. The second-order valence-electron chi connectivity index (χ2n) is 8.67. The summed E-state index contributed by atoms with van der Waals surface area (Å²) in [6.07, 6.45) is 9.68. The van der Waals surface area contributed by atoms with Gasteiger partial charge in [-0.15, -0.1) is 22.7 Å². The fourth-order valence-electron chi connectivity index (χ4n) is 3.95. The van der Waals surface area contributed by atoms with E-state index in [1.54, 1.807) is 22.7 Å². The summed E-state index contributed by atoms with van der Waals surface area (Å²) >= 11 is 3.35. The summed E-state index contributed by atoms with van der Waals surface area (Å²) in [5.41, 5.74) is 0. The van der Waals surface area contributed by atoms with Gasteiger partial charge in [0.05, 0.1) is 23.0 Å². The van der Waals surface area contributed by atoms with Crippen molar-refractivity contribution in [2.75, 3.05) is 26.4 Å². The Morgan fingerprint density at radius 1 is 0.812 bits per heavy atom. The summed E-state index contributed by atoms with van der Waals surface area (Å²) in [5, 5.41) is 4.15. The van der Waals surface area contributed by atoms with Crippen LogP contribution in [0, 0.1) is 11.8 Å². The van der Waals surface area contributed by atoms with Crippen LogP contribution >= 0.6 is 22.7 Å². The van der Waals surface area contributed by atoms with Gasteiger partial charge in [-0.1, -0.05) is 66.2 Å². The van der Waals surface area contributed by atoms with Gasteiger partial charge in [-0.3, -0.25) is 0 Å². The van der Waals surface area contributed by atoms with Gasteiger partial charge in [0, 0.05) is 10.8 Å². The lowest BCUT2D eigenvalue weighted by Gasteiger charge is -2.19. The Bertz CT molecular complexity index is 798. The number of fused-ring (bicyclic) bond motifs is 1. The molecule has 0 bridgehead atoms. The maximum atomic E-state index is 6.52. The van der Waals surface area contributed by atoms with Gasteiger partial charge in [0.1, 0.15) is 13.2 Å². The third-order valence-electron chi connectivity index (χ3n) is 6.25. The molecule has 1 aliphatic heterocycles. The van der Waals surface area contributed by atoms with Crippen molar-refractivity contribution in [3.8, 4) is 32.8 Å². The van der Waals surface area contributed by atoms with E-state index >= 15 is 0 Å². The Balaban J connectivity index is 1.80. The summed E-state index contributed by atoms with van der Waals surface area (Å²) in [4.78, 5) is 2.19. The van der Waals surface area contributed by atoms with Crippen molar-refractivity contribution in [3.05, 3.63) is 10.8 Å². The first-order chi connectivity index (χ1) is 15.7. The number of hydrogen-bond donors (Lipinski definition) is 0. The average Bonchev–Trinajstić information content (AvgIpc) is 3.43. The number of thiophene rings is 2. The molecule has 4 nitrogen and oxygen atoms in total. The third kappa shape index (κ3) is 6.57. The molecule has 0 aromatic carbocycles. The van der Waals surface area contributed by atoms with E-state index in [1.807, 2.05) is 5.38 Å². The largest absolute Gasteiger partial charge is 0.489 e. The fourth-order valence-corrected chi connectivity index (χ4v) is 5.97. The van der Waals surface area contributed by atoms with Crippen LogP contribution in [0.4, 0.5) is 0 Å². The number of rotatable bonds is 15. The third-order valence-corrected chi connectivity index (χ3v) is 8.29. The highest BCUT2D eigenvalue weighted by Gasteiger charge is 2.26. The van der Waals surface area contributed by atoms with E-state index in [0.29, 0.717) is 25.0 Å². The fraction of sp³-hybridized carbons (Fsp3) is 0.692. The quantitative estimate of drug-likeness (QED) is 0.256. The zero-order chi connectivity index (χ0) is 22.8. The molecule has 0 spiro atoms. The van der Waals surface area contributed by atoms with Crippen LogP contribution in [0.1, 0.15) is 79.1 Å². The average molecular weight is 481 g/mol. The highest BCUT2D eigenvalue weighted by molar-refractivity contribution is 7.21. The van der Waals surface area contributed by atoms with Gasteiger partial charge in [-0.05, 0) is 24.7 Å². The van der Waals surface area contributed by atoms with Gasteiger partial charge in [0.15, 0.2) is 23.0 Å². The molecule has 6 heteroatoms. The maximum Gasteiger partial charge on any atom is 0.180 e. The molecule has 0 radical (unpaired) electrons. The zero-order valence-corrected chi connectivity index (χ0v) is 21.9. The molecule has 3 rings (SSSR count). The molecule has 2 unspecified atom stereocenters. The van der Waals surface area contributed by atoms with Crippen molar-refractivity contribution < 1.29 is 18.9 Å². The van der Waals surface area contributed by atoms with E-state index in [-0.39, 0.29) is 0 Å². The van der Waals surface area contributed by atoms with E-state index in [2.05, 4.69) is 33.1 Å². The van der Waals surface area contributed by atoms with E-state index in [9.17, 15) is 0 Å². The summed E-state index contributed by atoms with van der Waals surface area (Å²) < 4.78 is 24.6. The molecule has 2 aromatic heterocycles. The molecule has 0 N–H and O–H groups in total. The van der Waals surface area contributed by atoms with Crippen LogP contribution in [0.2, 0.25) is 0 Å². The van der Waals surface area contributed by atoms with E-state index < -0.39 is 0 Å². The minimum absolute atomic E-state index is 0.570. The second-order valence-corrected chi connectivity index (χ2v) is 10.4. The predicted molar refractivity (Wildman–Crippen MR) is 136 cm³/mol. The molecule has 0 amide bonds. The molecule has 3 heterocycles. The molecule has 0 fully saturated rings. The lowest BCUT2D eigenvalue weighted by atomic mass is 10.0. The van der Waals surface area contributed by atoms with E-state index in [1.165, 1.54) is 38.5 Å². The van der Waals surface area contributed by atoms with Crippen molar-refractivity contribution in [2.24, 2.45) is 11.8 Å². The van der Waals surface area contributed by atoms with Crippen LogP contribution in [0.25, 0.3) is 9.75 Å². The van der Waals surface area contributed by atoms with E-state index in [0.717, 1.165) is 58.8 Å². The lowest BCUT2D eigenvalue weighted by Crippen LogP contribution is -2.15. The lowest BCUT2D eigenvalue weighted by molar-refractivity contribution is 0.174. The van der Waals surface area contributed by atoms with Crippen LogP contribution < -0.4 is 18.9 Å². The number of hydrogen-bond acceptors (Lipinski definition) is 6. The molecule has 32 heavy (non-hydrogen) atoms. The highest BCUT2D eigenvalue weighted by atomic mass is 32.1. The Kier molecular flexibility index (Phi) is 10.5. The van der Waals surface area contributed by atoms with Crippen molar-refractivity contribution in [2.45, 2.75) is 79.1 Å². The summed E-state index contributed by atoms with van der Waals surface area (Å²) in [6.45, 7) is 11.7. The monoisotopic (exact) mass is 480 g/mol. The molecule has 180 valence electrons. The summed E-state index contributed by atoms with van der Waals surface area (Å²) in [5.74, 6) is 4.62. The molecule has 0 saturated heterocycles. The highest BCUT2D eigenvalue weighted by Crippen LogP contribution is 2.53. The molecule has 0 aliphatic carbocycles. The van der Waals surface area contributed by atoms with Crippen molar-refractivity contribution in [1.82, 2.24) is 0 Å². The van der Waals surface area contributed by atoms with Crippen molar-refractivity contribution >= 4 is 22.7 Å². The maximum absolute atomic E-state index is 6.52. The van der Waals surface area contributed by atoms with Crippen LogP contribution in [-0.4, -0.2) is 26.4 Å². The Labute approximate surface area is 202 Å². The molecule has 2 atom stereocenters. The SMILES string of the molecule is CCCCC(CC)COc1csc(-c2scc3c2OCCO3)c1OCC(CC)CCCC. The van der Waals surface area contributed by atoms with Crippen LogP contribution in [0.5, 0.6) is 23.0 Å². The minimum atomic E-state index is 0.570. The van der Waals surface area contributed by atoms with E-state index in [4.69, 9.17) is 18.9 Å². The van der Waals surface area contributed by atoms with Crippen LogP contribution in [-0.2, 0) is 0 Å². The van der Waals surface area contributed by atoms with Gasteiger partial charge >= 0.3 is 0 Å².